The Morgan fingerprint density at radius 2 is 2.09 bits per heavy atom. The van der Waals surface area contributed by atoms with Crippen LogP contribution in [0.1, 0.15) is 30.2 Å². The zero-order valence-electron chi connectivity index (χ0n) is 11.7. The molecule has 3 rings (SSSR count). The molecule has 1 aliphatic rings. The van der Waals surface area contributed by atoms with Crippen LogP contribution < -0.4 is 0 Å². The topological polar surface area (TPSA) is 45.8 Å². The Morgan fingerprint density at radius 1 is 1.32 bits per heavy atom. The molecule has 0 saturated heterocycles. The highest BCUT2D eigenvalue weighted by Gasteiger charge is 2.33. The minimum Gasteiger partial charge on any atom is -0.463 e. The van der Waals surface area contributed by atoms with E-state index < -0.39 is 0 Å². The molecule has 0 N–H and O–H groups in total. The van der Waals surface area contributed by atoms with Crippen molar-refractivity contribution in [2.75, 3.05) is 5.88 Å². The van der Waals surface area contributed by atoms with Crippen molar-refractivity contribution < 1.29 is 9.21 Å². The van der Waals surface area contributed by atoms with Crippen LogP contribution in [0.15, 0.2) is 52.2 Å². The summed E-state index contributed by atoms with van der Waals surface area (Å²) >= 11 is 11.6. The summed E-state index contributed by atoms with van der Waals surface area (Å²) in [5.41, 5.74) is 1.74. The number of furan rings is 1. The predicted molar refractivity (Wildman–Crippen MR) is 86.2 cm³/mol. The highest BCUT2D eigenvalue weighted by Crippen LogP contribution is 2.33. The van der Waals surface area contributed by atoms with E-state index in [9.17, 15) is 4.79 Å². The fourth-order valence-electron chi connectivity index (χ4n) is 2.47. The van der Waals surface area contributed by atoms with Gasteiger partial charge in [-0.2, -0.15) is 5.10 Å². The van der Waals surface area contributed by atoms with E-state index in [-0.39, 0.29) is 24.2 Å². The van der Waals surface area contributed by atoms with E-state index in [1.54, 1.807) is 12.3 Å². The number of hydrogen-bond donors (Lipinski definition) is 0. The quantitative estimate of drug-likeness (QED) is 0.784. The molecule has 114 valence electrons. The molecule has 0 saturated carbocycles. The van der Waals surface area contributed by atoms with E-state index >= 15 is 0 Å². The number of hydrazone groups is 1. The molecule has 1 aromatic heterocycles. The summed E-state index contributed by atoms with van der Waals surface area (Å²) < 4.78 is 5.39. The lowest BCUT2D eigenvalue weighted by molar-refractivity contribution is -0.132. The standard InChI is InChI=1S/C16H14Cl2N2O2/c17-8-7-16(21)20-14(11-3-5-12(18)6-4-11)10-13(19-20)15-2-1-9-22-15/h1-6,9,14H,7-8,10H2/t14-/m1/s1. The van der Waals surface area contributed by atoms with Gasteiger partial charge in [-0.3, -0.25) is 4.79 Å². The van der Waals surface area contributed by atoms with Gasteiger partial charge < -0.3 is 4.42 Å². The van der Waals surface area contributed by atoms with Gasteiger partial charge in [-0.05, 0) is 29.8 Å². The smallest absolute Gasteiger partial charge is 0.244 e. The van der Waals surface area contributed by atoms with E-state index in [2.05, 4.69) is 5.10 Å². The highest BCUT2D eigenvalue weighted by molar-refractivity contribution is 6.30. The molecule has 1 atom stereocenters. The first-order valence-corrected chi connectivity index (χ1v) is 7.85. The molecule has 0 spiro atoms. The van der Waals surface area contributed by atoms with E-state index in [1.165, 1.54) is 5.01 Å². The van der Waals surface area contributed by atoms with Crippen LogP contribution in [0.25, 0.3) is 0 Å². The molecule has 0 aliphatic carbocycles. The second-order valence-electron chi connectivity index (χ2n) is 4.97. The molecule has 4 nitrogen and oxygen atoms in total. The molecule has 1 amide bonds. The number of benzene rings is 1. The van der Waals surface area contributed by atoms with Crippen LogP contribution in [0.3, 0.4) is 0 Å². The number of halogens is 2. The van der Waals surface area contributed by atoms with Crippen molar-refractivity contribution >= 4 is 34.8 Å². The van der Waals surface area contributed by atoms with Gasteiger partial charge in [-0.25, -0.2) is 5.01 Å². The summed E-state index contributed by atoms with van der Waals surface area (Å²) in [6.07, 6.45) is 2.45. The molecular weight excluding hydrogens is 323 g/mol. The molecule has 2 heterocycles. The number of nitrogens with zero attached hydrogens (tertiary/aromatic N) is 2. The number of alkyl halides is 1. The third kappa shape index (κ3) is 3.03. The number of carbonyl (C=O) groups excluding carboxylic acids is 1. The van der Waals surface area contributed by atoms with Crippen LogP contribution in [0.4, 0.5) is 0 Å². The summed E-state index contributed by atoms with van der Waals surface area (Å²) in [4.78, 5) is 12.3. The Balaban J connectivity index is 1.91. The van der Waals surface area contributed by atoms with Crippen LogP contribution in [-0.4, -0.2) is 22.5 Å². The number of carbonyl (C=O) groups is 1. The molecular formula is C16H14Cl2N2O2. The van der Waals surface area contributed by atoms with E-state index in [0.717, 1.165) is 11.3 Å². The van der Waals surface area contributed by atoms with E-state index in [4.69, 9.17) is 27.6 Å². The SMILES string of the molecule is O=C(CCCl)N1N=C(c2ccco2)C[C@@H]1c1ccc(Cl)cc1. The first-order chi connectivity index (χ1) is 10.7. The second kappa shape index (κ2) is 6.55. The Morgan fingerprint density at radius 3 is 2.73 bits per heavy atom. The first kappa shape index (κ1) is 15.1. The van der Waals surface area contributed by atoms with Crippen LogP contribution >= 0.6 is 23.2 Å². The molecule has 2 aromatic rings. The third-order valence-corrected chi connectivity index (χ3v) is 3.98. The third-order valence-electron chi connectivity index (χ3n) is 3.53. The number of amides is 1. The van der Waals surface area contributed by atoms with Crippen molar-refractivity contribution in [1.82, 2.24) is 5.01 Å². The maximum absolute atomic E-state index is 12.3. The number of rotatable bonds is 4. The average Bonchev–Trinajstić information content (AvgIpc) is 3.17. The Hall–Kier alpha value is -1.78. The van der Waals surface area contributed by atoms with Gasteiger partial charge in [0.25, 0.3) is 0 Å². The molecule has 1 aromatic carbocycles. The second-order valence-corrected chi connectivity index (χ2v) is 5.79. The fraction of sp³-hybridized carbons (Fsp3) is 0.250. The van der Waals surface area contributed by atoms with Crippen molar-refractivity contribution in [2.45, 2.75) is 18.9 Å². The van der Waals surface area contributed by atoms with Gasteiger partial charge in [0.2, 0.25) is 5.91 Å². The van der Waals surface area contributed by atoms with Crippen molar-refractivity contribution in [3.63, 3.8) is 0 Å². The minimum atomic E-state index is -0.159. The summed E-state index contributed by atoms with van der Waals surface area (Å²) in [5, 5.41) is 6.61. The van der Waals surface area contributed by atoms with Gasteiger partial charge in [0.15, 0.2) is 0 Å². The molecule has 1 aliphatic heterocycles. The van der Waals surface area contributed by atoms with Gasteiger partial charge in [-0.1, -0.05) is 23.7 Å². The normalized spacial score (nSPS) is 17.6. The molecule has 6 heteroatoms. The number of hydrogen-bond acceptors (Lipinski definition) is 3. The molecule has 0 bridgehead atoms. The monoisotopic (exact) mass is 336 g/mol. The summed E-state index contributed by atoms with van der Waals surface area (Å²) in [6, 6.07) is 10.9. The van der Waals surface area contributed by atoms with E-state index in [1.807, 2.05) is 30.3 Å². The summed E-state index contributed by atoms with van der Waals surface area (Å²) in [6.45, 7) is 0. The van der Waals surface area contributed by atoms with Gasteiger partial charge in [-0.15, -0.1) is 11.6 Å². The molecule has 22 heavy (non-hydrogen) atoms. The summed E-state index contributed by atoms with van der Waals surface area (Å²) in [7, 11) is 0. The van der Waals surface area contributed by atoms with Crippen LogP contribution in [-0.2, 0) is 4.79 Å². The zero-order chi connectivity index (χ0) is 15.5. The summed E-state index contributed by atoms with van der Waals surface area (Å²) in [5.74, 6) is 0.852. The Labute approximate surface area is 138 Å². The maximum Gasteiger partial charge on any atom is 0.244 e. The van der Waals surface area contributed by atoms with Gasteiger partial charge in [0.05, 0.1) is 12.3 Å². The van der Waals surface area contributed by atoms with Crippen molar-refractivity contribution in [1.29, 1.82) is 0 Å². The largest absolute Gasteiger partial charge is 0.463 e. The van der Waals surface area contributed by atoms with Crippen LogP contribution in [0.5, 0.6) is 0 Å². The molecule has 0 radical (unpaired) electrons. The van der Waals surface area contributed by atoms with Gasteiger partial charge >= 0.3 is 0 Å². The lowest BCUT2D eigenvalue weighted by atomic mass is 10.0. The van der Waals surface area contributed by atoms with Crippen molar-refractivity contribution in [3.05, 3.63) is 59.0 Å². The van der Waals surface area contributed by atoms with Gasteiger partial charge in [0, 0.05) is 23.7 Å². The average molecular weight is 337 g/mol. The van der Waals surface area contributed by atoms with E-state index in [0.29, 0.717) is 17.2 Å². The maximum atomic E-state index is 12.3. The zero-order valence-corrected chi connectivity index (χ0v) is 13.2. The van der Waals surface area contributed by atoms with Crippen molar-refractivity contribution in [3.8, 4) is 0 Å². The van der Waals surface area contributed by atoms with Crippen LogP contribution in [0.2, 0.25) is 5.02 Å². The fourth-order valence-corrected chi connectivity index (χ4v) is 2.76. The highest BCUT2D eigenvalue weighted by atomic mass is 35.5. The first-order valence-electron chi connectivity index (χ1n) is 6.94. The minimum absolute atomic E-state index is 0.100. The Kier molecular flexibility index (Phi) is 4.50. The van der Waals surface area contributed by atoms with Gasteiger partial charge in [0.1, 0.15) is 11.5 Å². The van der Waals surface area contributed by atoms with Crippen LogP contribution in [0, 0.1) is 0 Å². The molecule has 0 unspecified atom stereocenters. The molecule has 0 fully saturated rings. The van der Waals surface area contributed by atoms with Crippen molar-refractivity contribution in [2.24, 2.45) is 5.10 Å². The predicted octanol–water partition coefficient (Wildman–Crippen LogP) is 4.24. The lowest BCUT2D eigenvalue weighted by Crippen LogP contribution is -2.27. The Bertz CT molecular complexity index is 681. The lowest BCUT2D eigenvalue weighted by Gasteiger charge is -2.21.